The van der Waals surface area contributed by atoms with Gasteiger partial charge in [-0.1, -0.05) is 18.2 Å². The molecule has 0 aliphatic carbocycles. The van der Waals surface area contributed by atoms with E-state index in [1.807, 2.05) is 19.1 Å². The fourth-order valence-corrected chi connectivity index (χ4v) is 1.57. The summed E-state index contributed by atoms with van der Waals surface area (Å²) < 4.78 is 15.8. The van der Waals surface area contributed by atoms with E-state index >= 15 is 0 Å². The van der Waals surface area contributed by atoms with Gasteiger partial charge in [-0.2, -0.15) is 0 Å². The van der Waals surface area contributed by atoms with E-state index in [1.165, 1.54) is 0 Å². The van der Waals surface area contributed by atoms with Crippen molar-refractivity contribution in [3.8, 4) is 5.75 Å². The maximum atomic E-state index is 9.74. The lowest BCUT2D eigenvalue weighted by molar-refractivity contribution is -0.0424. The van der Waals surface area contributed by atoms with Gasteiger partial charge in [0.1, 0.15) is 18.5 Å². The molecule has 0 spiro atoms. The predicted molar refractivity (Wildman–Crippen MR) is 71.2 cm³/mol. The van der Waals surface area contributed by atoms with E-state index in [-0.39, 0.29) is 25.9 Å². The maximum Gasteiger partial charge on any atom is 0.124 e. The molecule has 5 heteroatoms. The molecule has 0 fully saturated rings. The van der Waals surface area contributed by atoms with Crippen molar-refractivity contribution >= 4 is 0 Å². The summed E-state index contributed by atoms with van der Waals surface area (Å²) in [6.07, 6.45) is -0.782. The second-order valence-electron chi connectivity index (χ2n) is 4.33. The number of aliphatic hydroxyl groups is 2. The first-order chi connectivity index (χ1) is 9.17. The van der Waals surface area contributed by atoms with E-state index < -0.39 is 6.10 Å². The molecule has 0 aromatic heterocycles. The molecule has 0 heterocycles. The molecule has 108 valence electrons. The Kier molecular flexibility index (Phi) is 7.43. The fraction of sp³-hybridized carbons (Fsp3) is 0.571. The zero-order valence-electron chi connectivity index (χ0n) is 11.4. The Balaban J connectivity index is 2.31. The first-order valence-electron chi connectivity index (χ1n) is 6.27. The number of para-hydroxylation sites is 1. The molecule has 2 unspecified atom stereocenters. The highest BCUT2D eigenvalue weighted by molar-refractivity contribution is 5.32. The Hall–Kier alpha value is -1.14. The van der Waals surface area contributed by atoms with Crippen molar-refractivity contribution in [2.45, 2.75) is 25.7 Å². The molecule has 2 atom stereocenters. The second-order valence-corrected chi connectivity index (χ2v) is 4.33. The normalized spacial score (nSPS) is 14.1. The van der Waals surface area contributed by atoms with Crippen LogP contribution in [0.3, 0.4) is 0 Å². The smallest absolute Gasteiger partial charge is 0.124 e. The van der Waals surface area contributed by atoms with Gasteiger partial charge in [-0.25, -0.2) is 0 Å². The minimum Gasteiger partial charge on any atom is -0.490 e. The van der Waals surface area contributed by atoms with Gasteiger partial charge in [0, 0.05) is 12.7 Å². The molecule has 0 amide bonds. The molecule has 0 saturated carbocycles. The van der Waals surface area contributed by atoms with Crippen molar-refractivity contribution in [1.82, 2.24) is 0 Å². The summed E-state index contributed by atoms with van der Waals surface area (Å²) in [5, 5.41) is 18.9. The molecule has 19 heavy (non-hydrogen) atoms. The van der Waals surface area contributed by atoms with Gasteiger partial charge in [-0.05, 0) is 13.0 Å². The molecule has 1 aromatic rings. The highest BCUT2D eigenvalue weighted by Gasteiger charge is 2.10. The number of hydrogen-bond donors (Lipinski definition) is 2. The maximum absolute atomic E-state index is 9.74. The van der Waals surface area contributed by atoms with E-state index in [0.717, 1.165) is 0 Å². The van der Waals surface area contributed by atoms with E-state index in [2.05, 4.69) is 0 Å². The zero-order valence-corrected chi connectivity index (χ0v) is 11.4. The minimum atomic E-state index is -0.717. The number of hydrogen-bond acceptors (Lipinski definition) is 5. The molecular weight excluding hydrogens is 248 g/mol. The molecule has 2 N–H and O–H groups in total. The third-order valence-electron chi connectivity index (χ3n) is 2.55. The minimum absolute atomic E-state index is 0.0654. The highest BCUT2D eigenvalue weighted by Crippen LogP contribution is 2.17. The van der Waals surface area contributed by atoms with Crippen LogP contribution in [0.1, 0.15) is 12.5 Å². The van der Waals surface area contributed by atoms with Gasteiger partial charge in [0.05, 0.1) is 25.9 Å². The largest absolute Gasteiger partial charge is 0.490 e. The lowest BCUT2D eigenvalue weighted by Crippen LogP contribution is -2.27. The summed E-state index contributed by atoms with van der Waals surface area (Å²) in [6.45, 7) is 2.58. The Bertz CT molecular complexity index is 355. The van der Waals surface area contributed by atoms with Crippen molar-refractivity contribution in [1.29, 1.82) is 0 Å². The van der Waals surface area contributed by atoms with Crippen molar-refractivity contribution < 1.29 is 24.4 Å². The summed E-state index contributed by atoms with van der Waals surface area (Å²) in [5.41, 5.74) is 0.698. The Labute approximate surface area is 113 Å². The van der Waals surface area contributed by atoms with Crippen molar-refractivity contribution in [3.63, 3.8) is 0 Å². The average molecular weight is 270 g/mol. The summed E-state index contributed by atoms with van der Waals surface area (Å²) in [6, 6.07) is 7.17. The number of ether oxygens (including phenoxy) is 3. The quantitative estimate of drug-likeness (QED) is 0.700. The van der Waals surface area contributed by atoms with Gasteiger partial charge in [0.25, 0.3) is 0 Å². The summed E-state index contributed by atoms with van der Waals surface area (Å²) in [5.74, 6) is 0.578. The topological polar surface area (TPSA) is 68.2 Å². The van der Waals surface area contributed by atoms with Crippen LogP contribution >= 0.6 is 0 Å². The first kappa shape index (κ1) is 15.9. The molecule has 0 aliphatic heterocycles. The standard InChI is InChI=1S/C14H22O5/c1-11(8-17-2)18-9-13(16)10-19-14-6-4-3-5-12(14)7-15/h3-6,11,13,15-16H,7-10H2,1-2H3. The van der Waals surface area contributed by atoms with Crippen LogP contribution in [0, 0.1) is 0 Å². The summed E-state index contributed by atoms with van der Waals surface area (Å²) >= 11 is 0. The van der Waals surface area contributed by atoms with Crippen LogP contribution in [0.5, 0.6) is 5.75 Å². The monoisotopic (exact) mass is 270 g/mol. The fourth-order valence-electron chi connectivity index (χ4n) is 1.57. The van der Waals surface area contributed by atoms with E-state index in [1.54, 1.807) is 19.2 Å². The molecule has 0 aliphatic rings. The second kappa shape index (κ2) is 8.87. The van der Waals surface area contributed by atoms with Crippen LogP contribution in [0.15, 0.2) is 24.3 Å². The molecule has 0 saturated heterocycles. The van der Waals surface area contributed by atoms with Crippen molar-refractivity contribution in [2.24, 2.45) is 0 Å². The van der Waals surface area contributed by atoms with Crippen molar-refractivity contribution in [3.05, 3.63) is 29.8 Å². The van der Waals surface area contributed by atoms with E-state index in [0.29, 0.717) is 17.9 Å². The van der Waals surface area contributed by atoms with Crippen LogP contribution in [-0.4, -0.2) is 49.4 Å². The average Bonchev–Trinajstić information content (AvgIpc) is 2.43. The lowest BCUT2D eigenvalue weighted by atomic mass is 10.2. The highest BCUT2D eigenvalue weighted by atomic mass is 16.5. The third-order valence-corrected chi connectivity index (χ3v) is 2.55. The van der Waals surface area contributed by atoms with Crippen LogP contribution in [0.4, 0.5) is 0 Å². The SMILES string of the molecule is COCC(C)OCC(O)COc1ccccc1CO. The first-order valence-corrected chi connectivity index (χ1v) is 6.27. The number of rotatable bonds is 9. The number of aliphatic hydroxyl groups excluding tert-OH is 2. The van der Waals surface area contributed by atoms with E-state index in [4.69, 9.17) is 19.3 Å². The van der Waals surface area contributed by atoms with E-state index in [9.17, 15) is 5.11 Å². The van der Waals surface area contributed by atoms with Gasteiger partial charge in [-0.3, -0.25) is 0 Å². The molecule has 1 aromatic carbocycles. The Morgan fingerprint density at radius 2 is 1.89 bits per heavy atom. The Morgan fingerprint density at radius 3 is 2.58 bits per heavy atom. The summed E-state index contributed by atoms with van der Waals surface area (Å²) in [4.78, 5) is 0. The molecule has 1 rings (SSSR count). The van der Waals surface area contributed by atoms with Gasteiger partial charge in [0.2, 0.25) is 0 Å². The lowest BCUT2D eigenvalue weighted by Gasteiger charge is -2.17. The van der Waals surface area contributed by atoms with Crippen LogP contribution < -0.4 is 4.74 Å². The molecule has 5 nitrogen and oxygen atoms in total. The predicted octanol–water partition coefficient (Wildman–Crippen LogP) is 0.970. The molecule has 0 radical (unpaired) electrons. The van der Waals surface area contributed by atoms with Gasteiger partial charge < -0.3 is 24.4 Å². The number of benzene rings is 1. The molecule has 0 bridgehead atoms. The van der Waals surface area contributed by atoms with Gasteiger partial charge >= 0.3 is 0 Å². The van der Waals surface area contributed by atoms with Crippen LogP contribution in [0.25, 0.3) is 0 Å². The van der Waals surface area contributed by atoms with Crippen molar-refractivity contribution in [2.75, 3.05) is 26.9 Å². The zero-order chi connectivity index (χ0) is 14.1. The third kappa shape index (κ3) is 6.02. The molecular formula is C14H22O5. The van der Waals surface area contributed by atoms with Crippen LogP contribution in [0.2, 0.25) is 0 Å². The van der Waals surface area contributed by atoms with Gasteiger partial charge in [-0.15, -0.1) is 0 Å². The Morgan fingerprint density at radius 1 is 1.16 bits per heavy atom. The summed E-state index contributed by atoms with van der Waals surface area (Å²) in [7, 11) is 1.60. The van der Waals surface area contributed by atoms with Gasteiger partial charge in [0.15, 0.2) is 0 Å². The number of methoxy groups -OCH3 is 1. The van der Waals surface area contributed by atoms with Crippen LogP contribution in [-0.2, 0) is 16.1 Å².